The van der Waals surface area contributed by atoms with Crippen molar-refractivity contribution in [1.29, 1.82) is 0 Å². The lowest BCUT2D eigenvalue weighted by Crippen LogP contribution is -2.30. The summed E-state index contributed by atoms with van der Waals surface area (Å²) >= 11 is 0. The molecule has 0 bridgehead atoms. The van der Waals surface area contributed by atoms with Crippen LogP contribution in [0.15, 0.2) is 122 Å². The fourth-order valence-electron chi connectivity index (χ4n) is 7.31. The Morgan fingerprint density at radius 2 is 0.609 bits per heavy atom. The molecule has 1 atom stereocenters. The van der Waals surface area contributed by atoms with Crippen molar-refractivity contribution in [3.05, 3.63) is 122 Å². The van der Waals surface area contributed by atoms with E-state index in [1.54, 1.807) is 6.08 Å². The molecule has 0 heterocycles. The lowest BCUT2D eigenvalue weighted by atomic mass is 10.0. The molecule has 0 saturated carbocycles. The molecule has 0 aliphatic rings. The normalized spacial score (nSPS) is 13.0. The van der Waals surface area contributed by atoms with Crippen LogP contribution in [0.2, 0.25) is 0 Å². The maximum absolute atomic E-state index is 12.8. The summed E-state index contributed by atoms with van der Waals surface area (Å²) in [6, 6.07) is 0. The molecule has 0 amide bonds. The second-order valence-corrected chi connectivity index (χ2v) is 18.1. The Morgan fingerprint density at radius 3 is 0.971 bits per heavy atom. The summed E-state index contributed by atoms with van der Waals surface area (Å²) in [7, 11) is 0. The van der Waals surface area contributed by atoms with Gasteiger partial charge in [0, 0.05) is 12.8 Å². The highest BCUT2D eigenvalue weighted by Gasteiger charge is 2.19. The molecule has 0 aromatic rings. The lowest BCUT2D eigenvalue weighted by Gasteiger charge is -2.18. The second-order valence-electron chi connectivity index (χ2n) is 18.1. The smallest absolute Gasteiger partial charge is 0.310 e. The van der Waals surface area contributed by atoms with E-state index in [0.717, 1.165) is 103 Å². The summed E-state index contributed by atoms with van der Waals surface area (Å²) in [5.41, 5.74) is 0. The van der Waals surface area contributed by atoms with Crippen LogP contribution >= 0.6 is 0 Å². The van der Waals surface area contributed by atoms with Crippen molar-refractivity contribution in [3.8, 4) is 0 Å². The number of rotatable bonds is 49. The SMILES string of the molecule is CC/C=C\C/C=C\C/C=C\C/C=C\C/C=C\CC(=O)OC(COC(=O)CCCCCCC/C=C\CCCC)COC(=O)CCCCCCCCCCCCCC/C=C\C/C=C\C/C=C\C/C=C\CC. The number of hydrogen-bond donors (Lipinski definition) is 0. The summed E-state index contributed by atoms with van der Waals surface area (Å²) in [4.78, 5) is 38.0. The average molecular weight is 956 g/mol. The van der Waals surface area contributed by atoms with Gasteiger partial charge in [-0.15, -0.1) is 0 Å². The minimum Gasteiger partial charge on any atom is -0.462 e. The van der Waals surface area contributed by atoms with Crippen molar-refractivity contribution in [2.45, 2.75) is 245 Å². The monoisotopic (exact) mass is 955 g/mol. The zero-order valence-electron chi connectivity index (χ0n) is 44.5. The van der Waals surface area contributed by atoms with E-state index >= 15 is 0 Å². The zero-order valence-corrected chi connectivity index (χ0v) is 44.5. The van der Waals surface area contributed by atoms with E-state index in [1.165, 1.54) is 89.9 Å². The summed E-state index contributed by atoms with van der Waals surface area (Å²) in [6.07, 6.45) is 78.0. The highest BCUT2D eigenvalue weighted by Crippen LogP contribution is 2.14. The first kappa shape index (κ1) is 64.8. The van der Waals surface area contributed by atoms with Gasteiger partial charge in [-0.1, -0.05) is 239 Å². The van der Waals surface area contributed by atoms with Gasteiger partial charge >= 0.3 is 17.9 Å². The van der Waals surface area contributed by atoms with E-state index in [2.05, 4.69) is 130 Å². The average Bonchev–Trinajstić information content (AvgIpc) is 3.35. The Hall–Kier alpha value is -4.19. The third-order valence-corrected chi connectivity index (χ3v) is 11.5. The molecule has 0 fully saturated rings. The van der Waals surface area contributed by atoms with Gasteiger partial charge in [0.15, 0.2) is 6.10 Å². The van der Waals surface area contributed by atoms with Crippen LogP contribution in [-0.4, -0.2) is 37.2 Å². The number of hydrogen-bond acceptors (Lipinski definition) is 6. The molecule has 1 unspecified atom stereocenters. The molecule has 0 radical (unpaired) electrons. The van der Waals surface area contributed by atoms with Crippen LogP contribution in [0.25, 0.3) is 0 Å². The van der Waals surface area contributed by atoms with Crippen LogP contribution in [0.3, 0.4) is 0 Å². The number of unbranched alkanes of at least 4 members (excludes halogenated alkanes) is 19. The van der Waals surface area contributed by atoms with Crippen LogP contribution in [0, 0.1) is 0 Å². The molecule has 6 nitrogen and oxygen atoms in total. The molecular formula is C63H102O6. The maximum atomic E-state index is 12.8. The highest BCUT2D eigenvalue weighted by molar-refractivity contribution is 5.72. The van der Waals surface area contributed by atoms with E-state index in [1.807, 2.05) is 6.08 Å². The van der Waals surface area contributed by atoms with Crippen molar-refractivity contribution in [2.75, 3.05) is 13.2 Å². The van der Waals surface area contributed by atoms with Crippen LogP contribution in [0.5, 0.6) is 0 Å². The number of carbonyl (C=O) groups excluding carboxylic acids is 3. The molecule has 0 aromatic carbocycles. The number of esters is 3. The predicted octanol–water partition coefficient (Wildman–Crippen LogP) is 18.9. The molecule has 69 heavy (non-hydrogen) atoms. The van der Waals surface area contributed by atoms with Gasteiger partial charge in [-0.3, -0.25) is 14.4 Å². The van der Waals surface area contributed by atoms with Crippen molar-refractivity contribution in [3.63, 3.8) is 0 Å². The van der Waals surface area contributed by atoms with Gasteiger partial charge in [-0.2, -0.15) is 0 Å². The summed E-state index contributed by atoms with van der Waals surface area (Å²) in [5.74, 6) is -1.07. The van der Waals surface area contributed by atoms with Gasteiger partial charge in [-0.05, 0) is 103 Å². The van der Waals surface area contributed by atoms with Crippen molar-refractivity contribution in [2.24, 2.45) is 0 Å². The molecule has 0 N–H and O–H groups in total. The van der Waals surface area contributed by atoms with Gasteiger partial charge in [0.05, 0.1) is 6.42 Å². The Bertz CT molecular complexity index is 1470. The van der Waals surface area contributed by atoms with E-state index < -0.39 is 12.1 Å². The zero-order chi connectivity index (χ0) is 50.0. The minimum atomic E-state index is -0.838. The Balaban J connectivity index is 4.37. The van der Waals surface area contributed by atoms with Crippen LogP contribution < -0.4 is 0 Å². The third kappa shape index (κ3) is 54.6. The molecule has 0 aromatic heterocycles. The quantitative estimate of drug-likeness (QED) is 0.0262. The number of ether oxygens (including phenoxy) is 3. The van der Waals surface area contributed by atoms with Crippen molar-refractivity contribution in [1.82, 2.24) is 0 Å². The first-order valence-corrected chi connectivity index (χ1v) is 28.0. The molecule has 390 valence electrons. The third-order valence-electron chi connectivity index (χ3n) is 11.5. The van der Waals surface area contributed by atoms with Crippen LogP contribution in [0.1, 0.15) is 239 Å². The first-order valence-electron chi connectivity index (χ1n) is 28.0. The largest absolute Gasteiger partial charge is 0.462 e. The second kappa shape index (κ2) is 56.4. The topological polar surface area (TPSA) is 78.9 Å². The Kier molecular flexibility index (Phi) is 53.0. The summed E-state index contributed by atoms with van der Waals surface area (Å²) < 4.78 is 16.7. The van der Waals surface area contributed by atoms with E-state index in [0.29, 0.717) is 19.3 Å². The van der Waals surface area contributed by atoms with Gasteiger partial charge < -0.3 is 14.2 Å². The van der Waals surface area contributed by atoms with Crippen LogP contribution in [0.4, 0.5) is 0 Å². The van der Waals surface area contributed by atoms with Gasteiger partial charge in [0.1, 0.15) is 13.2 Å². The van der Waals surface area contributed by atoms with Gasteiger partial charge in [0.25, 0.3) is 0 Å². The van der Waals surface area contributed by atoms with Gasteiger partial charge in [-0.25, -0.2) is 0 Å². The molecule has 0 aliphatic carbocycles. The lowest BCUT2D eigenvalue weighted by molar-refractivity contribution is -0.166. The fraction of sp³-hybridized carbons (Fsp3) is 0.635. The molecule has 0 rings (SSSR count). The highest BCUT2D eigenvalue weighted by atomic mass is 16.6. The maximum Gasteiger partial charge on any atom is 0.310 e. The summed E-state index contributed by atoms with van der Waals surface area (Å²) in [5, 5.41) is 0. The molecule has 0 spiro atoms. The molecule has 0 aliphatic heterocycles. The van der Waals surface area contributed by atoms with Crippen molar-refractivity contribution >= 4 is 17.9 Å². The van der Waals surface area contributed by atoms with E-state index in [9.17, 15) is 14.4 Å². The number of carbonyl (C=O) groups is 3. The molecular weight excluding hydrogens is 853 g/mol. The fourth-order valence-corrected chi connectivity index (χ4v) is 7.31. The van der Waals surface area contributed by atoms with E-state index in [-0.39, 0.29) is 31.6 Å². The molecule has 0 saturated heterocycles. The Labute approximate surface area is 424 Å². The minimum absolute atomic E-state index is 0.0915. The number of allylic oxidation sites excluding steroid dienone is 19. The Morgan fingerprint density at radius 1 is 0.319 bits per heavy atom. The van der Waals surface area contributed by atoms with Crippen molar-refractivity contribution < 1.29 is 28.6 Å². The standard InChI is InChI=1S/C63H102O6/c1-4-7-10-13-16-19-22-24-26-27-28-29-30-31-32-33-34-35-37-38-41-44-47-50-53-56-62(65)68-59-60(58-67-61(64)55-52-49-46-43-40-21-18-15-12-9-6-3)69-63(66)57-54-51-48-45-42-39-36-25-23-20-17-14-11-8-5-2/h7-8,10-11,15-20,24-26,28-29,36,42,45,51,54,60H,4-6,9,12-14,21-23,27,30-35,37-41,43-44,46-50,52-53,55-59H2,1-3H3/b10-7-,11-8-,18-15-,19-16-,20-17-,26-24-,29-28-,36-25-,45-42-,54-51-. The summed E-state index contributed by atoms with van der Waals surface area (Å²) in [6.45, 7) is 6.27. The van der Waals surface area contributed by atoms with E-state index in [4.69, 9.17) is 14.2 Å². The van der Waals surface area contributed by atoms with Crippen LogP contribution in [-0.2, 0) is 28.6 Å². The first-order chi connectivity index (χ1) is 34.0. The molecule has 6 heteroatoms. The van der Waals surface area contributed by atoms with Gasteiger partial charge in [0.2, 0.25) is 0 Å². The predicted molar refractivity (Wildman–Crippen MR) is 297 cm³/mol.